The first-order chi connectivity index (χ1) is 14.3. The van der Waals surface area contributed by atoms with Crippen LogP contribution in [0.25, 0.3) is 0 Å². The van der Waals surface area contributed by atoms with Crippen LogP contribution in [0.2, 0.25) is 0 Å². The molecule has 1 fully saturated rings. The molecule has 1 N–H and O–H groups in total. The van der Waals surface area contributed by atoms with Gasteiger partial charge in [-0.1, -0.05) is 43.0 Å². The van der Waals surface area contributed by atoms with Gasteiger partial charge in [-0.3, -0.25) is 9.79 Å². The number of para-hydroxylation sites is 1. The second-order valence-corrected chi connectivity index (χ2v) is 10.7. The van der Waals surface area contributed by atoms with E-state index in [0.29, 0.717) is 10.9 Å². The van der Waals surface area contributed by atoms with Gasteiger partial charge in [0.15, 0.2) is 15.0 Å². The van der Waals surface area contributed by atoms with Gasteiger partial charge >= 0.3 is 0 Å². The Morgan fingerprint density at radius 1 is 1.23 bits per heavy atom. The minimum atomic E-state index is -3.10. The first-order valence-electron chi connectivity index (χ1n) is 9.70. The summed E-state index contributed by atoms with van der Waals surface area (Å²) in [6.45, 7) is 1.91. The molecule has 2 aromatic rings. The van der Waals surface area contributed by atoms with Crippen LogP contribution in [0.15, 0.2) is 53.5 Å². The third-order valence-electron chi connectivity index (χ3n) is 5.10. The van der Waals surface area contributed by atoms with Crippen molar-refractivity contribution in [3.63, 3.8) is 0 Å². The number of carbonyl (C=O) groups excluding carboxylic acids is 1. The number of carbonyl (C=O) groups is 1. The number of aliphatic imine (C=N–C) groups is 1. The van der Waals surface area contributed by atoms with Crippen LogP contribution in [0.5, 0.6) is 0 Å². The average Bonchev–Trinajstić information content (AvgIpc) is 3.20. The molecule has 2 aliphatic rings. The Kier molecular flexibility index (Phi) is 5.84. The van der Waals surface area contributed by atoms with E-state index < -0.39 is 15.7 Å². The Morgan fingerprint density at radius 3 is 2.77 bits per heavy atom. The summed E-state index contributed by atoms with van der Waals surface area (Å²) < 4.78 is 38.3. The topological polar surface area (TPSA) is 78.8 Å². The Morgan fingerprint density at radius 2 is 2.03 bits per heavy atom. The van der Waals surface area contributed by atoms with E-state index in [1.807, 2.05) is 31.2 Å². The summed E-state index contributed by atoms with van der Waals surface area (Å²) in [6, 6.07) is 13.4. The van der Waals surface area contributed by atoms with E-state index in [2.05, 4.69) is 10.3 Å². The maximum absolute atomic E-state index is 14.5. The molecule has 2 atom stereocenters. The monoisotopic (exact) mass is 447 g/mol. The van der Waals surface area contributed by atoms with Crippen molar-refractivity contribution in [3.05, 3.63) is 59.9 Å². The van der Waals surface area contributed by atoms with E-state index in [-0.39, 0.29) is 40.9 Å². The van der Waals surface area contributed by atoms with E-state index in [0.717, 1.165) is 12.0 Å². The quantitative estimate of drug-likeness (QED) is 0.762. The number of hydrogen-bond donors (Lipinski definition) is 1. The lowest BCUT2D eigenvalue weighted by Gasteiger charge is -2.24. The fourth-order valence-electron chi connectivity index (χ4n) is 3.61. The molecule has 30 heavy (non-hydrogen) atoms. The summed E-state index contributed by atoms with van der Waals surface area (Å²) in [6.07, 6.45) is 0.851. The number of sulfone groups is 1. The summed E-state index contributed by atoms with van der Waals surface area (Å²) in [7, 11) is -3.10. The van der Waals surface area contributed by atoms with Crippen molar-refractivity contribution in [3.8, 4) is 0 Å². The van der Waals surface area contributed by atoms with Gasteiger partial charge in [-0.25, -0.2) is 12.8 Å². The molecule has 2 heterocycles. The summed E-state index contributed by atoms with van der Waals surface area (Å²) in [5.41, 5.74) is 2.02. The van der Waals surface area contributed by atoms with Crippen molar-refractivity contribution in [1.29, 1.82) is 0 Å². The summed E-state index contributed by atoms with van der Waals surface area (Å²) in [5, 5.41) is 3.14. The number of rotatable bonds is 5. The molecular formula is C21H22FN3O3S2. The highest BCUT2D eigenvalue weighted by Crippen LogP contribution is 2.37. The average molecular weight is 448 g/mol. The molecule has 158 valence electrons. The van der Waals surface area contributed by atoms with E-state index in [1.165, 1.54) is 22.7 Å². The lowest BCUT2D eigenvalue weighted by molar-refractivity contribution is -0.114. The predicted molar refractivity (Wildman–Crippen MR) is 119 cm³/mol. The first-order valence-corrected chi connectivity index (χ1v) is 12.4. The number of nitrogens with zero attached hydrogens (tertiary/aromatic N) is 2. The summed E-state index contributed by atoms with van der Waals surface area (Å²) in [5.74, 6) is -0.725. The molecule has 9 heteroatoms. The molecule has 1 amide bonds. The number of amidine groups is 1. The van der Waals surface area contributed by atoms with E-state index in [4.69, 9.17) is 0 Å². The van der Waals surface area contributed by atoms with Crippen LogP contribution < -0.4 is 10.2 Å². The number of fused-ring (bicyclic) bond motifs is 1. The number of hydrogen-bond acceptors (Lipinski definition) is 6. The van der Waals surface area contributed by atoms with Crippen molar-refractivity contribution in [2.45, 2.75) is 24.6 Å². The van der Waals surface area contributed by atoms with E-state index in [9.17, 15) is 17.6 Å². The van der Waals surface area contributed by atoms with Gasteiger partial charge in [0.2, 0.25) is 5.91 Å². The van der Waals surface area contributed by atoms with Gasteiger partial charge in [0.05, 0.1) is 23.2 Å². The van der Waals surface area contributed by atoms with E-state index >= 15 is 0 Å². The molecule has 1 saturated heterocycles. The second kappa shape index (κ2) is 8.39. The maximum atomic E-state index is 14.5. The number of nitrogens with one attached hydrogen (secondary N) is 1. The third-order valence-corrected chi connectivity index (χ3v) is 8.35. The fraction of sp³-hybridized carbons (Fsp3) is 0.333. The summed E-state index contributed by atoms with van der Waals surface area (Å²) in [4.78, 5) is 18.8. The molecule has 4 rings (SSSR count). The zero-order valence-electron chi connectivity index (χ0n) is 16.4. The Balaban J connectivity index is 1.57. The highest BCUT2D eigenvalue weighted by atomic mass is 32.2. The molecule has 0 aliphatic carbocycles. The molecule has 2 aliphatic heterocycles. The number of aryl methyl sites for hydroxylation is 1. The zero-order valence-corrected chi connectivity index (χ0v) is 18.0. The minimum absolute atomic E-state index is 0.00468. The highest BCUT2D eigenvalue weighted by molar-refractivity contribution is 8.15. The van der Waals surface area contributed by atoms with Crippen LogP contribution in [0.4, 0.5) is 15.8 Å². The molecule has 0 saturated carbocycles. The van der Waals surface area contributed by atoms with Crippen molar-refractivity contribution in [2.24, 2.45) is 4.99 Å². The summed E-state index contributed by atoms with van der Waals surface area (Å²) >= 11 is 1.30. The normalized spacial score (nSPS) is 21.7. The van der Waals surface area contributed by atoms with Gasteiger partial charge in [0, 0.05) is 10.9 Å². The molecule has 6 nitrogen and oxygen atoms in total. The van der Waals surface area contributed by atoms with Gasteiger partial charge in [0.1, 0.15) is 12.4 Å². The SMILES string of the molecule is CCc1cccc(NC(=O)CN(C2=N[C@H]3CS(=O)(=O)C[C@@H]3S2)c2ccccc2F)c1. The van der Waals surface area contributed by atoms with Gasteiger partial charge in [-0.15, -0.1) is 0 Å². The Bertz CT molecular complexity index is 1100. The molecule has 0 unspecified atom stereocenters. The lowest BCUT2D eigenvalue weighted by atomic mass is 10.1. The standard InChI is InChI=1S/C21H22FN3O3S2/c1-2-14-6-5-7-15(10-14)23-20(26)11-25(18-9-4-3-8-16(18)22)21-24-17-12-30(27,28)13-19(17)29-21/h3-10,17,19H,2,11-13H2,1H3,(H,23,26)/t17-,19-/m0/s1. The van der Waals surface area contributed by atoms with Crippen molar-refractivity contribution >= 4 is 44.0 Å². The van der Waals surface area contributed by atoms with Crippen molar-refractivity contribution < 1.29 is 17.6 Å². The molecular weight excluding hydrogens is 425 g/mol. The second-order valence-electron chi connectivity index (χ2n) is 7.35. The number of benzene rings is 2. The van der Waals surface area contributed by atoms with Crippen molar-refractivity contribution in [1.82, 2.24) is 0 Å². The lowest BCUT2D eigenvalue weighted by Crippen LogP contribution is -2.37. The number of thioether (sulfide) groups is 1. The Labute approximate surface area is 179 Å². The number of halogens is 1. The van der Waals surface area contributed by atoms with Crippen LogP contribution in [0, 0.1) is 5.82 Å². The molecule has 0 aromatic heterocycles. The first kappa shape index (κ1) is 20.9. The van der Waals surface area contributed by atoms with Crippen LogP contribution in [-0.2, 0) is 21.1 Å². The maximum Gasteiger partial charge on any atom is 0.244 e. The highest BCUT2D eigenvalue weighted by Gasteiger charge is 2.44. The van der Waals surface area contributed by atoms with Gasteiger partial charge in [0.25, 0.3) is 0 Å². The van der Waals surface area contributed by atoms with Gasteiger partial charge in [-0.05, 0) is 36.2 Å². The number of amides is 1. The van der Waals surface area contributed by atoms with Gasteiger partial charge in [-0.2, -0.15) is 0 Å². The van der Waals surface area contributed by atoms with Crippen LogP contribution in [0.3, 0.4) is 0 Å². The predicted octanol–water partition coefficient (Wildman–Crippen LogP) is 3.10. The van der Waals surface area contributed by atoms with Gasteiger partial charge < -0.3 is 10.2 Å². The van der Waals surface area contributed by atoms with Crippen LogP contribution in [-0.4, -0.2) is 48.8 Å². The largest absolute Gasteiger partial charge is 0.325 e. The molecule has 0 spiro atoms. The third kappa shape index (κ3) is 4.52. The molecule has 0 bridgehead atoms. The van der Waals surface area contributed by atoms with Crippen LogP contribution >= 0.6 is 11.8 Å². The van der Waals surface area contributed by atoms with E-state index in [1.54, 1.807) is 18.2 Å². The molecule has 0 radical (unpaired) electrons. The minimum Gasteiger partial charge on any atom is -0.325 e. The molecule has 2 aromatic carbocycles. The fourth-order valence-corrected chi connectivity index (χ4v) is 7.38. The Hall–Kier alpha value is -2.39. The smallest absolute Gasteiger partial charge is 0.244 e. The number of anilines is 2. The van der Waals surface area contributed by atoms with Crippen molar-refractivity contribution in [2.75, 3.05) is 28.3 Å². The zero-order chi connectivity index (χ0) is 21.3. The van der Waals surface area contributed by atoms with Crippen LogP contribution in [0.1, 0.15) is 12.5 Å².